The van der Waals surface area contributed by atoms with E-state index in [1.54, 1.807) is 26.5 Å². The SMILES string of the molecule is COCc1ccnc2c(COC)cccc12.OCc1ccc(CO)c2ncccc12. The molecule has 0 aliphatic rings. The predicted octanol–water partition coefficient (Wildman–Crippen LogP) is 3.75. The Morgan fingerprint density at radius 2 is 1.23 bits per heavy atom. The first kappa shape index (κ1) is 21.8. The molecule has 0 spiro atoms. The summed E-state index contributed by atoms with van der Waals surface area (Å²) in [4.78, 5) is 8.60. The van der Waals surface area contributed by atoms with Crippen LogP contribution in [0.3, 0.4) is 0 Å². The Kier molecular flexibility index (Phi) is 7.82. The van der Waals surface area contributed by atoms with Crippen LogP contribution in [-0.2, 0) is 35.9 Å². The number of aliphatic hydroxyl groups excluding tert-OH is 2. The summed E-state index contributed by atoms with van der Waals surface area (Å²) < 4.78 is 10.3. The van der Waals surface area contributed by atoms with Gasteiger partial charge < -0.3 is 19.7 Å². The maximum absolute atomic E-state index is 9.11. The zero-order valence-electron chi connectivity index (χ0n) is 17.2. The minimum absolute atomic E-state index is 0.00605. The molecular weight excluding hydrogens is 380 g/mol. The Morgan fingerprint density at radius 1 is 0.633 bits per heavy atom. The molecule has 6 heteroatoms. The number of ether oxygens (including phenoxy) is 2. The van der Waals surface area contributed by atoms with Gasteiger partial charge in [-0.15, -0.1) is 0 Å². The number of para-hydroxylation sites is 1. The summed E-state index contributed by atoms with van der Waals surface area (Å²) in [5, 5.41) is 20.2. The molecule has 0 amide bonds. The van der Waals surface area contributed by atoms with Crippen LogP contribution in [0.4, 0.5) is 0 Å². The predicted molar refractivity (Wildman–Crippen MR) is 117 cm³/mol. The van der Waals surface area contributed by atoms with Crippen LogP contribution in [0.1, 0.15) is 22.3 Å². The number of methoxy groups -OCH3 is 2. The molecule has 0 atom stereocenters. The lowest BCUT2D eigenvalue weighted by molar-refractivity contribution is 0.185. The quantitative estimate of drug-likeness (QED) is 0.507. The molecule has 0 radical (unpaired) electrons. The Hall–Kier alpha value is -2.90. The highest BCUT2D eigenvalue weighted by Gasteiger charge is 2.06. The third kappa shape index (κ3) is 4.80. The van der Waals surface area contributed by atoms with Gasteiger partial charge in [-0.25, -0.2) is 0 Å². The van der Waals surface area contributed by atoms with Crippen molar-refractivity contribution in [3.05, 3.63) is 83.2 Å². The molecule has 2 aromatic carbocycles. The Labute approximate surface area is 175 Å². The molecule has 0 fully saturated rings. The van der Waals surface area contributed by atoms with Gasteiger partial charge in [-0.2, -0.15) is 0 Å². The molecule has 0 saturated carbocycles. The van der Waals surface area contributed by atoms with E-state index in [9.17, 15) is 0 Å². The molecule has 4 rings (SSSR count). The molecule has 0 unspecified atom stereocenters. The van der Waals surface area contributed by atoms with Gasteiger partial charge in [-0.3, -0.25) is 9.97 Å². The fraction of sp³-hybridized carbons (Fsp3) is 0.250. The second-order valence-electron chi connectivity index (χ2n) is 6.75. The van der Waals surface area contributed by atoms with Gasteiger partial charge in [0.1, 0.15) is 0 Å². The Balaban J connectivity index is 0.000000172. The van der Waals surface area contributed by atoms with Crippen molar-refractivity contribution >= 4 is 21.8 Å². The van der Waals surface area contributed by atoms with E-state index in [0.717, 1.165) is 44.1 Å². The van der Waals surface area contributed by atoms with E-state index in [2.05, 4.69) is 16.0 Å². The molecule has 0 aliphatic heterocycles. The number of nitrogens with zero attached hydrogens (tertiary/aromatic N) is 2. The molecular formula is C24H26N2O4. The van der Waals surface area contributed by atoms with Crippen LogP contribution < -0.4 is 0 Å². The topological polar surface area (TPSA) is 84.7 Å². The van der Waals surface area contributed by atoms with Crippen molar-refractivity contribution in [3.63, 3.8) is 0 Å². The van der Waals surface area contributed by atoms with E-state index in [0.29, 0.717) is 13.2 Å². The van der Waals surface area contributed by atoms with Crippen molar-refractivity contribution in [2.45, 2.75) is 26.4 Å². The highest BCUT2D eigenvalue weighted by molar-refractivity contribution is 5.85. The third-order valence-electron chi connectivity index (χ3n) is 4.83. The number of aliphatic hydroxyl groups is 2. The average molecular weight is 406 g/mol. The van der Waals surface area contributed by atoms with Crippen LogP contribution in [0, 0.1) is 0 Å². The molecule has 0 aliphatic carbocycles. The van der Waals surface area contributed by atoms with E-state index in [-0.39, 0.29) is 13.2 Å². The van der Waals surface area contributed by atoms with Crippen molar-refractivity contribution in [1.82, 2.24) is 9.97 Å². The van der Waals surface area contributed by atoms with Crippen molar-refractivity contribution in [3.8, 4) is 0 Å². The van der Waals surface area contributed by atoms with Crippen LogP contribution in [0.15, 0.2) is 60.9 Å². The Bertz CT molecular complexity index is 1030. The summed E-state index contributed by atoms with van der Waals surface area (Å²) in [6.07, 6.45) is 3.50. The van der Waals surface area contributed by atoms with E-state index in [1.165, 1.54) is 0 Å². The molecule has 2 heterocycles. The van der Waals surface area contributed by atoms with Gasteiger partial charge in [0.15, 0.2) is 0 Å². The van der Waals surface area contributed by atoms with Crippen molar-refractivity contribution in [2.24, 2.45) is 0 Å². The smallest absolute Gasteiger partial charge is 0.0760 e. The van der Waals surface area contributed by atoms with Gasteiger partial charge in [0.2, 0.25) is 0 Å². The van der Waals surface area contributed by atoms with Crippen LogP contribution in [0.25, 0.3) is 21.8 Å². The minimum Gasteiger partial charge on any atom is -0.392 e. The first-order valence-electron chi connectivity index (χ1n) is 9.64. The molecule has 0 saturated heterocycles. The van der Waals surface area contributed by atoms with Crippen LogP contribution >= 0.6 is 0 Å². The highest BCUT2D eigenvalue weighted by atomic mass is 16.5. The van der Waals surface area contributed by atoms with Gasteiger partial charge in [-0.05, 0) is 23.3 Å². The summed E-state index contributed by atoms with van der Waals surface area (Å²) >= 11 is 0. The fourth-order valence-electron chi connectivity index (χ4n) is 3.40. The number of benzene rings is 2. The van der Waals surface area contributed by atoms with Gasteiger partial charge in [0, 0.05) is 48.5 Å². The molecule has 2 aromatic heterocycles. The molecule has 4 aromatic rings. The second kappa shape index (κ2) is 10.8. The van der Waals surface area contributed by atoms with E-state index in [1.807, 2.05) is 42.6 Å². The standard InChI is InChI=1S/C13H15NO2.C11H11NO2/c1-15-8-10-6-7-14-13-11(9-16-2)4-3-5-12(10)13;13-6-8-3-4-9(7-14)11-10(8)2-1-5-12-11/h3-7H,8-9H2,1-2H3;1-5,13-14H,6-7H2. The normalized spacial score (nSPS) is 10.8. The summed E-state index contributed by atoms with van der Waals surface area (Å²) in [6, 6.07) is 15.4. The van der Waals surface area contributed by atoms with Crippen molar-refractivity contribution in [2.75, 3.05) is 14.2 Å². The van der Waals surface area contributed by atoms with Gasteiger partial charge in [0.05, 0.1) is 37.5 Å². The average Bonchev–Trinajstić information content (AvgIpc) is 2.80. The first-order chi connectivity index (χ1) is 14.7. The monoisotopic (exact) mass is 406 g/mol. The van der Waals surface area contributed by atoms with Crippen LogP contribution in [0.2, 0.25) is 0 Å². The number of fused-ring (bicyclic) bond motifs is 2. The molecule has 2 N–H and O–H groups in total. The van der Waals surface area contributed by atoms with Gasteiger partial charge in [0.25, 0.3) is 0 Å². The van der Waals surface area contributed by atoms with Crippen LogP contribution in [-0.4, -0.2) is 34.4 Å². The first-order valence-corrected chi connectivity index (χ1v) is 9.64. The molecule has 30 heavy (non-hydrogen) atoms. The summed E-state index contributed by atoms with van der Waals surface area (Å²) in [6.45, 7) is 1.16. The van der Waals surface area contributed by atoms with Crippen molar-refractivity contribution < 1.29 is 19.7 Å². The highest BCUT2D eigenvalue weighted by Crippen LogP contribution is 2.22. The van der Waals surface area contributed by atoms with Gasteiger partial charge in [-0.1, -0.05) is 36.4 Å². The summed E-state index contributed by atoms with van der Waals surface area (Å²) in [5.74, 6) is 0. The van der Waals surface area contributed by atoms with Gasteiger partial charge >= 0.3 is 0 Å². The van der Waals surface area contributed by atoms with Crippen molar-refractivity contribution in [1.29, 1.82) is 0 Å². The number of rotatable bonds is 6. The number of pyridine rings is 2. The number of hydrogen-bond acceptors (Lipinski definition) is 6. The molecule has 6 nitrogen and oxygen atoms in total. The van der Waals surface area contributed by atoms with E-state index >= 15 is 0 Å². The summed E-state index contributed by atoms with van der Waals surface area (Å²) in [5.41, 5.74) is 5.66. The zero-order chi connectivity index (χ0) is 21.3. The maximum atomic E-state index is 9.11. The number of hydrogen-bond donors (Lipinski definition) is 2. The van der Waals surface area contributed by atoms with E-state index in [4.69, 9.17) is 19.7 Å². The maximum Gasteiger partial charge on any atom is 0.0760 e. The minimum atomic E-state index is -0.0285. The Morgan fingerprint density at radius 3 is 1.97 bits per heavy atom. The lowest BCUT2D eigenvalue weighted by atomic mass is 10.0. The fourth-order valence-corrected chi connectivity index (χ4v) is 3.40. The largest absolute Gasteiger partial charge is 0.392 e. The lowest BCUT2D eigenvalue weighted by Gasteiger charge is -2.08. The molecule has 0 bridgehead atoms. The third-order valence-corrected chi connectivity index (χ3v) is 4.83. The van der Waals surface area contributed by atoms with E-state index < -0.39 is 0 Å². The van der Waals surface area contributed by atoms with Crippen LogP contribution in [0.5, 0.6) is 0 Å². The lowest BCUT2D eigenvalue weighted by Crippen LogP contribution is -1.95. The second-order valence-corrected chi connectivity index (χ2v) is 6.75. The zero-order valence-corrected chi connectivity index (χ0v) is 17.2. The molecule has 156 valence electrons. The summed E-state index contributed by atoms with van der Waals surface area (Å²) in [7, 11) is 3.39. The number of aromatic nitrogens is 2.